The molecule has 0 aromatic heterocycles. The van der Waals surface area contributed by atoms with Crippen molar-refractivity contribution in [2.45, 2.75) is 25.9 Å². The molecule has 4 heteroatoms. The van der Waals surface area contributed by atoms with E-state index >= 15 is 0 Å². The van der Waals surface area contributed by atoms with E-state index in [2.05, 4.69) is 6.58 Å². The highest BCUT2D eigenvalue weighted by molar-refractivity contribution is 5.71. The molecule has 31 heavy (non-hydrogen) atoms. The maximum atomic E-state index is 14.9. The van der Waals surface area contributed by atoms with Gasteiger partial charge in [0.05, 0.1) is 19.3 Å². The van der Waals surface area contributed by atoms with Crippen LogP contribution in [0.25, 0.3) is 22.3 Å². The van der Waals surface area contributed by atoms with E-state index in [0.717, 1.165) is 35.1 Å². The summed E-state index contributed by atoms with van der Waals surface area (Å²) in [5, 5.41) is 0. The fraction of sp³-hybridized carbons (Fsp3) is 0.259. The molecular weight excluding hydrogens is 394 g/mol. The Morgan fingerprint density at radius 1 is 0.935 bits per heavy atom. The summed E-state index contributed by atoms with van der Waals surface area (Å²) >= 11 is 0. The first kappa shape index (κ1) is 21.3. The van der Waals surface area contributed by atoms with Crippen LogP contribution in [0, 0.1) is 17.6 Å². The second-order valence-electron chi connectivity index (χ2n) is 7.79. The fourth-order valence-corrected chi connectivity index (χ4v) is 3.98. The fourth-order valence-electron chi connectivity index (χ4n) is 3.98. The first-order chi connectivity index (χ1) is 15.1. The second-order valence-corrected chi connectivity index (χ2v) is 7.79. The average Bonchev–Trinajstić information content (AvgIpc) is 2.81. The zero-order valence-electron chi connectivity index (χ0n) is 17.6. The minimum atomic E-state index is -0.394. The molecule has 3 aromatic rings. The summed E-state index contributed by atoms with van der Waals surface area (Å²) in [5.41, 5.74) is 3.78. The van der Waals surface area contributed by atoms with Crippen molar-refractivity contribution in [2.24, 2.45) is 5.92 Å². The van der Waals surface area contributed by atoms with E-state index in [9.17, 15) is 8.78 Å². The van der Waals surface area contributed by atoms with E-state index < -0.39 is 5.82 Å². The van der Waals surface area contributed by atoms with Gasteiger partial charge in [0.25, 0.3) is 0 Å². The quantitative estimate of drug-likeness (QED) is 0.388. The number of benzene rings is 3. The molecule has 0 bridgehead atoms. The zero-order valence-corrected chi connectivity index (χ0v) is 17.6. The molecule has 0 N–H and O–H groups in total. The van der Waals surface area contributed by atoms with Gasteiger partial charge in [-0.05, 0) is 60.2 Å². The van der Waals surface area contributed by atoms with Crippen molar-refractivity contribution in [2.75, 3.05) is 13.2 Å². The number of hydrogen-bond acceptors (Lipinski definition) is 2. The van der Waals surface area contributed by atoms with Crippen LogP contribution in [0.1, 0.15) is 31.4 Å². The van der Waals surface area contributed by atoms with Crippen molar-refractivity contribution in [1.29, 1.82) is 0 Å². The van der Waals surface area contributed by atoms with E-state index in [-0.39, 0.29) is 17.7 Å². The van der Waals surface area contributed by atoms with Gasteiger partial charge in [-0.25, -0.2) is 8.78 Å². The van der Waals surface area contributed by atoms with Gasteiger partial charge >= 0.3 is 0 Å². The topological polar surface area (TPSA) is 18.5 Å². The van der Waals surface area contributed by atoms with Gasteiger partial charge in [-0.1, -0.05) is 48.5 Å². The molecule has 1 aliphatic rings. The van der Waals surface area contributed by atoms with Crippen molar-refractivity contribution in [3.8, 4) is 28.0 Å². The number of halogens is 2. The van der Waals surface area contributed by atoms with E-state index in [4.69, 9.17) is 9.47 Å². The van der Waals surface area contributed by atoms with Gasteiger partial charge in [0.1, 0.15) is 5.82 Å². The van der Waals surface area contributed by atoms with E-state index in [1.54, 1.807) is 18.2 Å². The van der Waals surface area contributed by atoms with E-state index in [1.807, 2.05) is 49.4 Å². The van der Waals surface area contributed by atoms with Crippen LogP contribution in [0.4, 0.5) is 8.78 Å². The van der Waals surface area contributed by atoms with Gasteiger partial charge in [0, 0.05) is 11.5 Å². The van der Waals surface area contributed by atoms with Crippen molar-refractivity contribution in [3.05, 3.63) is 90.5 Å². The third kappa shape index (κ3) is 4.70. The maximum Gasteiger partial charge on any atom is 0.165 e. The highest BCUT2D eigenvalue weighted by Gasteiger charge is 2.22. The van der Waals surface area contributed by atoms with Crippen LogP contribution in [0.3, 0.4) is 0 Å². The molecule has 0 amide bonds. The van der Waals surface area contributed by atoms with Crippen molar-refractivity contribution in [1.82, 2.24) is 0 Å². The second kappa shape index (κ2) is 9.44. The highest BCUT2D eigenvalue weighted by Crippen LogP contribution is 2.34. The van der Waals surface area contributed by atoms with Gasteiger partial charge in [0.2, 0.25) is 0 Å². The lowest BCUT2D eigenvalue weighted by Crippen LogP contribution is -2.19. The van der Waals surface area contributed by atoms with Crippen LogP contribution in [0.2, 0.25) is 0 Å². The lowest BCUT2D eigenvalue weighted by atomic mass is 9.93. The summed E-state index contributed by atoms with van der Waals surface area (Å²) in [4.78, 5) is 0. The SMILES string of the molecule is C=CC1CCC(c2ccc(-c3ccc(-c4ccc(OCC)c(F)c4)cc3)c(F)c2)OC1. The molecular formula is C27H26F2O2. The molecule has 2 unspecified atom stereocenters. The molecule has 160 valence electrons. The first-order valence-corrected chi connectivity index (χ1v) is 10.7. The van der Waals surface area contributed by atoms with Crippen LogP contribution in [0.5, 0.6) is 5.75 Å². The predicted octanol–water partition coefficient (Wildman–Crippen LogP) is 7.35. The minimum Gasteiger partial charge on any atom is -0.491 e. The first-order valence-electron chi connectivity index (χ1n) is 10.7. The summed E-state index contributed by atoms with van der Waals surface area (Å²) in [7, 11) is 0. The van der Waals surface area contributed by atoms with Gasteiger partial charge in [-0.2, -0.15) is 0 Å². The lowest BCUT2D eigenvalue weighted by molar-refractivity contribution is -0.00528. The van der Waals surface area contributed by atoms with E-state index in [0.29, 0.717) is 24.7 Å². The van der Waals surface area contributed by atoms with Gasteiger partial charge < -0.3 is 9.47 Å². The Hall–Kier alpha value is -2.98. The maximum absolute atomic E-state index is 14.9. The normalized spacial score (nSPS) is 18.5. The summed E-state index contributed by atoms with van der Waals surface area (Å²) in [6, 6.07) is 17.7. The minimum absolute atomic E-state index is 0.0725. The smallest absolute Gasteiger partial charge is 0.165 e. The van der Waals surface area contributed by atoms with E-state index in [1.165, 1.54) is 6.07 Å². The predicted molar refractivity (Wildman–Crippen MR) is 120 cm³/mol. The van der Waals surface area contributed by atoms with Gasteiger partial charge in [0.15, 0.2) is 11.6 Å². The molecule has 0 radical (unpaired) electrons. The van der Waals surface area contributed by atoms with Crippen LogP contribution < -0.4 is 4.74 Å². The molecule has 0 spiro atoms. The number of ether oxygens (including phenoxy) is 2. The van der Waals surface area contributed by atoms with Gasteiger partial charge in [-0.15, -0.1) is 6.58 Å². The average molecular weight is 420 g/mol. The van der Waals surface area contributed by atoms with Crippen LogP contribution >= 0.6 is 0 Å². The van der Waals surface area contributed by atoms with Crippen LogP contribution in [-0.2, 0) is 4.74 Å². The Labute approximate surface area is 182 Å². The monoisotopic (exact) mass is 420 g/mol. The summed E-state index contributed by atoms with van der Waals surface area (Å²) in [6.45, 7) is 6.68. The Morgan fingerprint density at radius 3 is 2.29 bits per heavy atom. The summed E-state index contributed by atoms with van der Waals surface area (Å²) in [6.07, 6.45) is 3.72. The molecule has 1 heterocycles. The van der Waals surface area contributed by atoms with Crippen molar-refractivity contribution < 1.29 is 18.3 Å². The third-order valence-corrected chi connectivity index (χ3v) is 5.77. The Balaban J connectivity index is 1.51. The largest absolute Gasteiger partial charge is 0.491 e. The van der Waals surface area contributed by atoms with Crippen LogP contribution in [-0.4, -0.2) is 13.2 Å². The molecule has 3 aromatic carbocycles. The molecule has 2 atom stereocenters. The molecule has 2 nitrogen and oxygen atoms in total. The van der Waals surface area contributed by atoms with Crippen molar-refractivity contribution in [3.63, 3.8) is 0 Å². The third-order valence-electron chi connectivity index (χ3n) is 5.77. The number of rotatable bonds is 6. The van der Waals surface area contributed by atoms with Crippen LogP contribution in [0.15, 0.2) is 73.3 Å². The molecule has 1 fully saturated rings. The zero-order chi connectivity index (χ0) is 21.8. The summed E-state index contributed by atoms with van der Waals surface area (Å²) < 4.78 is 40.2. The molecule has 0 aliphatic carbocycles. The lowest BCUT2D eigenvalue weighted by Gasteiger charge is -2.27. The van der Waals surface area contributed by atoms with Gasteiger partial charge in [-0.3, -0.25) is 0 Å². The molecule has 1 saturated heterocycles. The standard InChI is InChI=1S/C27H26F2O2/c1-3-18-5-13-26(31-17-18)22-10-12-23(24(28)16-22)20-8-6-19(7-9-20)21-11-14-27(30-4-2)25(29)15-21/h3,6-12,14-16,18,26H,1,4-5,13,17H2,2H3. The molecule has 0 saturated carbocycles. The summed E-state index contributed by atoms with van der Waals surface area (Å²) in [5.74, 6) is -0.0454. The number of hydrogen-bond donors (Lipinski definition) is 0. The molecule has 1 aliphatic heterocycles. The Kier molecular flexibility index (Phi) is 6.47. The Morgan fingerprint density at radius 2 is 1.68 bits per heavy atom. The van der Waals surface area contributed by atoms with Crippen molar-refractivity contribution >= 4 is 0 Å². The highest BCUT2D eigenvalue weighted by atomic mass is 19.1. The molecule has 4 rings (SSSR count). The Bertz CT molecular complexity index is 1050.